The molecule has 1 saturated carbocycles. The number of hydrogen-bond acceptors (Lipinski definition) is 7. The first-order valence-electron chi connectivity index (χ1n) is 8.86. The molecular formula is C19H26N4O3. The summed E-state index contributed by atoms with van der Waals surface area (Å²) in [5.41, 5.74) is 6.77. The molecule has 1 aliphatic rings. The molecule has 3 N–H and O–H groups in total. The van der Waals surface area contributed by atoms with Crippen molar-refractivity contribution >= 4 is 11.8 Å². The van der Waals surface area contributed by atoms with Gasteiger partial charge in [-0.25, -0.2) is 4.98 Å². The van der Waals surface area contributed by atoms with Crippen LogP contribution in [0.15, 0.2) is 30.3 Å². The van der Waals surface area contributed by atoms with E-state index in [9.17, 15) is 5.11 Å². The van der Waals surface area contributed by atoms with Crippen molar-refractivity contribution in [2.24, 2.45) is 0 Å². The number of rotatable bonds is 8. The van der Waals surface area contributed by atoms with Crippen LogP contribution in [0.1, 0.15) is 30.9 Å². The molecule has 0 aliphatic heterocycles. The minimum Gasteiger partial charge on any atom is -0.493 e. The van der Waals surface area contributed by atoms with Gasteiger partial charge in [0.15, 0.2) is 11.5 Å². The fraction of sp³-hybridized carbons (Fsp3) is 0.474. The molecule has 0 saturated heterocycles. The maximum absolute atomic E-state index is 9.49. The molecule has 0 spiro atoms. The van der Waals surface area contributed by atoms with Crippen molar-refractivity contribution in [1.29, 1.82) is 0 Å². The van der Waals surface area contributed by atoms with Crippen LogP contribution in [0.25, 0.3) is 0 Å². The number of aliphatic hydroxyl groups is 1. The highest BCUT2D eigenvalue weighted by molar-refractivity contribution is 5.44. The van der Waals surface area contributed by atoms with E-state index < -0.39 is 0 Å². The van der Waals surface area contributed by atoms with Crippen LogP contribution < -0.4 is 20.1 Å². The summed E-state index contributed by atoms with van der Waals surface area (Å²) >= 11 is 0. The number of ether oxygens (including phenoxy) is 2. The van der Waals surface area contributed by atoms with Gasteiger partial charge in [-0.05, 0) is 31.4 Å². The molecule has 26 heavy (non-hydrogen) atoms. The number of anilines is 2. The van der Waals surface area contributed by atoms with E-state index in [0.29, 0.717) is 6.61 Å². The van der Waals surface area contributed by atoms with Gasteiger partial charge in [-0.3, -0.25) is 0 Å². The molecule has 1 aromatic carbocycles. The Balaban J connectivity index is 1.52. The number of hydrogen-bond donors (Lipinski definition) is 2. The van der Waals surface area contributed by atoms with Crippen molar-refractivity contribution in [3.05, 3.63) is 36.0 Å². The van der Waals surface area contributed by atoms with E-state index >= 15 is 0 Å². The van der Waals surface area contributed by atoms with E-state index in [0.717, 1.165) is 48.8 Å². The lowest BCUT2D eigenvalue weighted by molar-refractivity contribution is 0.0732. The molecular weight excluding hydrogens is 332 g/mol. The van der Waals surface area contributed by atoms with E-state index in [2.05, 4.69) is 9.97 Å². The van der Waals surface area contributed by atoms with Crippen LogP contribution >= 0.6 is 0 Å². The maximum Gasteiger partial charge on any atom is 0.222 e. The van der Waals surface area contributed by atoms with Gasteiger partial charge in [-0.1, -0.05) is 12.1 Å². The third kappa shape index (κ3) is 4.35. The predicted octanol–water partition coefficient (Wildman–Crippen LogP) is 2.21. The van der Waals surface area contributed by atoms with Gasteiger partial charge in [0.2, 0.25) is 5.95 Å². The van der Waals surface area contributed by atoms with Gasteiger partial charge in [-0.2, -0.15) is 4.98 Å². The molecule has 3 rings (SSSR count). The molecule has 1 heterocycles. The molecule has 7 nitrogen and oxygen atoms in total. The summed E-state index contributed by atoms with van der Waals surface area (Å²) in [6, 6.07) is 9.58. The first kappa shape index (κ1) is 18.3. The molecule has 0 bridgehead atoms. The highest BCUT2D eigenvalue weighted by Gasteiger charge is 2.30. The summed E-state index contributed by atoms with van der Waals surface area (Å²) in [4.78, 5) is 10.7. The average molecular weight is 358 g/mol. The Hall–Kier alpha value is -2.54. The highest BCUT2D eigenvalue weighted by atomic mass is 16.5. The second kappa shape index (κ2) is 8.23. The summed E-state index contributed by atoms with van der Waals surface area (Å²) in [6.07, 6.45) is 2.10. The fourth-order valence-corrected chi connectivity index (χ4v) is 3.04. The number of aliphatic hydroxyl groups excluding tert-OH is 1. The monoisotopic (exact) mass is 358 g/mol. The van der Waals surface area contributed by atoms with Gasteiger partial charge in [0, 0.05) is 25.6 Å². The van der Waals surface area contributed by atoms with Gasteiger partial charge in [-0.15, -0.1) is 0 Å². The van der Waals surface area contributed by atoms with E-state index in [1.165, 1.54) is 0 Å². The third-order valence-corrected chi connectivity index (χ3v) is 4.64. The number of nitrogens with zero attached hydrogens (tertiary/aromatic N) is 3. The van der Waals surface area contributed by atoms with E-state index in [-0.39, 0.29) is 18.0 Å². The van der Waals surface area contributed by atoms with Crippen LogP contribution in [0.3, 0.4) is 0 Å². The number of benzene rings is 1. The van der Waals surface area contributed by atoms with Gasteiger partial charge in [0.05, 0.1) is 25.5 Å². The van der Waals surface area contributed by atoms with Crippen LogP contribution in [0.5, 0.6) is 11.5 Å². The molecule has 1 aromatic heterocycles. The van der Waals surface area contributed by atoms with Crippen LogP contribution in [-0.2, 0) is 0 Å². The lowest BCUT2D eigenvalue weighted by atomic mass is 9.80. The van der Waals surface area contributed by atoms with Crippen LogP contribution in [0.2, 0.25) is 0 Å². The van der Waals surface area contributed by atoms with Crippen molar-refractivity contribution < 1.29 is 14.6 Å². The molecule has 0 amide bonds. The summed E-state index contributed by atoms with van der Waals surface area (Å²) < 4.78 is 11.1. The molecule has 0 unspecified atom stereocenters. The Kier molecular flexibility index (Phi) is 5.78. The average Bonchev–Trinajstić information content (AvgIpc) is 2.62. The first-order chi connectivity index (χ1) is 12.6. The van der Waals surface area contributed by atoms with Gasteiger partial charge in [0.1, 0.15) is 5.82 Å². The smallest absolute Gasteiger partial charge is 0.222 e. The Labute approximate surface area is 153 Å². The largest absolute Gasteiger partial charge is 0.493 e. The number of nitrogen functional groups attached to an aromatic ring is 1. The number of aromatic nitrogens is 2. The van der Waals surface area contributed by atoms with Gasteiger partial charge >= 0.3 is 0 Å². The number of nitrogens with two attached hydrogens (primary N) is 1. The molecule has 7 heteroatoms. The maximum atomic E-state index is 9.49. The fourth-order valence-electron chi connectivity index (χ4n) is 3.04. The zero-order valence-electron chi connectivity index (χ0n) is 15.3. The van der Waals surface area contributed by atoms with E-state index in [1.54, 1.807) is 7.11 Å². The van der Waals surface area contributed by atoms with E-state index in [4.69, 9.17) is 15.2 Å². The minimum absolute atomic E-state index is 0.218. The minimum atomic E-state index is -0.218. The summed E-state index contributed by atoms with van der Waals surface area (Å²) in [6.45, 7) is 1.35. The Morgan fingerprint density at radius 3 is 2.65 bits per heavy atom. The van der Waals surface area contributed by atoms with Crippen molar-refractivity contribution in [2.45, 2.75) is 31.3 Å². The Morgan fingerprint density at radius 2 is 1.96 bits per heavy atom. The zero-order chi connectivity index (χ0) is 18.5. The van der Waals surface area contributed by atoms with Crippen LogP contribution in [0.4, 0.5) is 11.8 Å². The summed E-state index contributed by atoms with van der Waals surface area (Å²) in [5, 5.41) is 9.49. The second-order valence-electron chi connectivity index (χ2n) is 6.61. The van der Waals surface area contributed by atoms with E-state index in [1.807, 2.05) is 42.3 Å². The van der Waals surface area contributed by atoms with Gasteiger partial charge in [0.25, 0.3) is 0 Å². The normalized spacial score (nSPS) is 18.9. The highest BCUT2D eigenvalue weighted by Crippen LogP contribution is 2.36. The zero-order valence-corrected chi connectivity index (χ0v) is 15.3. The Morgan fingerprint density at radius 1 is 1.23 bits per heavy atom. The van der Waals surface area contributed by atoms with Crippen LogP contribution in [-0.4, -0.2) is 48.5 Å². The van der Waals surface area contributed by atoms with Crippen molar-refractivity contribution in [3.8, 4) is 11.5 Å². The van der Waals surface area contributed by atoms with Crippen LogP contribution in [0, 0.1) is 0 Å². The molecule has 0 atom stereocenters. The summed E-state index contributed by atoms with van der Waals surface area (Å²) in [7, 11) is 3.61. The third-order valence-electron chi connectivity index (χ3n) is 4.64. The molecule has 140 valence electrons. The summed E-state index contributed by atoms with van der Waals surface area (Å²) in [5.74, 6) is 2.82. The topological polar surface area (TPSA) is 93.7 Å². The number of para-hydroxylation sites is 2. The van der Waals surface area contributed by atoms with Gasteiger partial charge < -0.3 is 25.2 Å². The molecule has 1 aliphatic carbocycles. The SMILES string of the molecule is COc1ccccc1OCCCN(C)c1cc(C2CC(O)C2)nc(N)n1. The Bertz CT molecular complexity index is 734. The standard InChI is InChI=1S/C19H26N4O3/c1-23(8-5-9-26-17-7-4-3-6-16(17)25-2)18-12-15(21-19(20)22-18)13-10-14(24)11-13/h3-4,6-7,12-14,24H,5,8-11H2,1-2H3,(H2,20,21,22). The quantitative estimate of drug-likeness (QED) is 0.699. The number of methoxy groups -OCH3 is 1. The van der Waals surface area contributed by atoms with Crippen molar-refractivity contribution in [1.82, 2.24) is 9.97 Å². The molecule has 0 radical (unpaired) electrons. The van der Waals surface area contributed by atoms with Crippen molar-refractivity contribution in [3.63, 3.8) is 0 Å². The molecule has 2 aromatic rings. The second-order valence-corrected chi connectivity index (χ2v) is 6.61. The first-order valence-corrected chi connectivity index (χ1v) is 8.86. The molecule has 1 fully saturated rings. The lowest BCUT2D eigenvalue weighted by Crippen LogP contribution is -2.28. The predicted molar refractivity (Wildman–Crippen MR) is 101 cm³/mol. The lowest BCUT2D eigenvalue weighted by Gasteiger charge is -2.31. The van der Waals surface area contributed by atoms with Crippen molar-refractivity contribution in [2.75, 3.05) is 37.9 Å².